The summed E-state index contributed by atoms with van der Waals surface area (Å²) in [4.78, 5) is 19.6. The maximum Gasteiger partial charge on any atom is 0.222 e. The van der Waals surface area contributed by atoms with E-state index < -0.39 is 0 Å². The lowest BCUT2D eigenvalue weighted by molar-refractivity contribution is -0.132. The lowest BCUT2D eigenvalue weighted by Crippen LogP contribution is -2.35. The summed E-state index contributed by atoms with van der Waals surface area (Å²) in [6.45, 7) is 12.3. The summed E-state index contributed by atoms with van der Waals surface area (Å²) in [5, 5.41) is 5.93. The Balaban J connectivity index is 1.67. The molecule has 2 aromatic heterocycles. The van der Waals surface area contributed by atoms with E-state index >= 15 is 0 Å². The molecule has 1 amide bonds. The maximum atomic E-state index is 12.7. The average molecular weight is 405 g/mol. The molecule has 30 heavy (non-hydrogen) atoms. The van der Waals surface area contributed by atoms with Crippen LogP contribution < -0.4 is 0 Å². The monoisotopic (exact) mass is 404 g/mol. The Kier molecular flexibility index (Phi) is 5.63. The Hall–Kier alpha value is -2.69. The van der Waals surface area contributed by atoms with Gasteiger partial charge >= 0.3 is 0 Å². The van der Waals surface area contributed by atoms with Crippen LogP contribution >= 0.6 is 0 Å². The third-order valence-electron chi connectivity index (χ3n) is 6.61. The van der Waals surface area contributed by atoms with Crippen LogP contribution in [0.3, 0.4) is 0 Å². The largest absolute Gasteiger partial charge is 0.343 e. The summed E-state index contributed by atoms with van der Waals surface area (Å²) >= 11 is 0. The van der Waals surface area contributed by atoms with Gasteiger partial charge in [0, 0.05) is 30.6 Å². The number of carbonyl (C=O) groups is 1. The zero-order chi connectivity index (χ0) is 21.4. The van der Waals surface area contributed by atoms with E-state index in [-0.39, 0.29) is 5.91 Å². The number of nitrogens with zero attached hydrogens (tertiary/aromatic N) is 4. The van der Waals surface area contributed by atoms with Crippen molar-refractivity contribution in [1.82, 2.24) is 19.7 Å². The second kappa shape index (κ2) is 8.21. The van der Waals surface area contributed by atoms with Crippen molar-refractivity contribution >= 4 is 16.9 Å². The quantitative estimate of drug-likeness (QED) is 0.621. The first-order valence-electron chi connectivity index (χ1n) is 11.1. The molecule has 0 N–H and O–H groups in total. The number of rotatable bonds is 4. The summed E-state index contributed by atoms with van der Waals surface area (Å²) in [6.07, 6.45) is 4.80. The molecule has 1 aromatic carbocycles. The Bertz CT molecular complexity index is 1110. The van der Waals surface area contributed by atoms with Crippen LogP contribution in [0.5, 0.6) is 0 Å². The third kappa shape index (κ3) is 3.73. The molecule has 0 atom stereocenters. The Morgan fingerprint density at radius 2 is 1.70 bits per heavy atom. The highest BCUT2D eigenvalue weighted by Gasteiger charge is 2.20. The summed E-state index contributed by atoms with van der Waals surface area (Å²) in [7, 11) is 0. The van der Waals surface area contributed by atoms with Crippen LogP contribution in [0.1, 0.15) is 59.3 Å². The standard InChI is InChI=1S/C25H32N4O/c1-16-9-10-21(15-17(16)2)29-25-24(20(5)27-29)18(3)22(19(4)26-25)11-12-23(30)28-13-7-6-8-14-28/h9-10,15H,6-8,11-14H2,1-5H3. The second-order valence-corrected chi connectivity index (χ2v) is 8.71. The maximum absolute atomic E-state index is 12.7. The Morgan fingerprint density at radius 3 is 2.40 bits per heavy atom. The van der Waals surface area contributed by atoms with Crippen LogP contribution in [0.25, 0.3) is 16.7 Å². The van der Waals surface area contributed by atoms with Crippen molar-refractivity contribution in [2.75, 3.05) is 13.1 Å². The van der Waals surface area contributed by atoms with Crippen molar-refractivity contribution in [3.63, 3.8) is 0 Å². The van der Waals surface area contributed by atoms with E-state index in [1.54, 1.807) is 0 Å². The number of carbonyl (C=O) groups excluding carboxylic acids is 1. The zero-order valence-corrected chi connectivity index (χ0v) is 18.9. The van der Waals surface area contributed by atoms with Crippen molar-refractivity contribution in [2.24, 2.45) is 0 Å². The van der Waals surface area contributed by atoms with Gasteiger partial charge in [0.05, 0.1) is 11.4 Å². The fraction of sp³-hybridized carbons (Fsp3) is 0.480. The van der Waals surface area contributed by atoms with E-state index in [9.17, 15) is 4.79 Å². The first-order valence-corrected chi connectivity index (χ1v) is 11.1. The molecule has 5 nitrogen and oxygen atoms in total. The SMILES string of the molecule is Cc1ccc(-n2nc(C)c3c(C)c(CCC(=O)N4CCCCC4)c(C)nc32)cc1C. The Morgan fingerprint density at radius 1 is 0.967 bits per heavy atom. The molecule has 0 bridgehead atoms. The molecule has 3 heterocycles. The molecule has 3 aromatic rings. The van der Waals surface area contributed by atoms with E-state index in [1.807, 2.05) is 16.5 Å². The van der Waals surface area contributed by atoms with Gasteiger partial charge in [0.2, 0.25) is 5.91 Å². The number of aryl methyl sites for hydroxylation is 5. The van der Waals surface area contributed by atoms with Gasteiger partial charge in [0.25, 0.3) is 0 Å². The average Bonchev–Trinajstić information content (AvgIpc) is 3.06. The smallest absolute Gasteiger partial charge is 0.222 e. The first-order chi connectivity index (χ1) is 14.4. The van der Waals surface area contributed by atoms with Crippen molar-refractivity contribution in [1.29, 1.82) is 0 Å². The molecule has 1 aliphatic heterocycles. The minimum Gasteiger partial charge on any atom is -0.343 e. The van der Waals surface area contributed by atoms with Gasteiger partial charge in [0.1, 0.15) is 0 Å². The molecule has 158 valence electrons. The summed E-state index contributed by atoms with van der Waals surface area (Å²) in [5.74, 6) is 0.274. The topological polar surface area (TPSA) is 51.0 Å². The highest BCUT2D eigenvalue weighted by molar-refractivity contribution is 5.85. The van der Waals surface area contributed by atoms with E-state index in [0.717, 1.165) is 60.5 Å². The van der Waals surface area contributed by atoms with Crippen LogP contribution in [-0.2, 0) is 11.2 Å². The van der Waals surface area contributed by atoms with Crippen LogP contribution in [0, 0.1) is 34.6 Å². The molecule has 0 saturated carbocycles. The molecule has 0 aliphatic carbocycles. The number of fused-ring (bicyclic) bond motifs is 1. The first kappa shape index (κ1) is 20.6. The van der Waals surface area contributed by atoms with Gasteiger partial charge in [-0.2, -0.15) is 5.10 Å². The zero-order valence-electron chi connectivity index (χ0n) is 18.9. The number of hydrogen-bond donors (Lipinski definition) is 0. The van der Waals surface area contributed by atoms with Gasteiger partial charge in [-0.05, 0) is 94.7 Å². The molecule has 0 radical (unpaired) electrons. The molecule has 1 aliphatic rings. The number of likely N-dealkylation sites (tertiary alicyclic amines) is 1. The molecular weight excluding hydrogens is 372 g/mol. The second-order valence-electron chi connectivity index (χ2n) is 8.71. The minimum atomic E-state index is 0.274. The summed E-state index contributed by atoms with van der Waals surface area (Å²) < 4.78 is 1.96. The van der Waals surface area contributed by atoms with Gasteiger partial charge < -0.3 is 4.90 Å². The summed E-state index contributed by atoms with van der Waals surface area (Å²) in [5.41, 5.74) is 8.83. The van der Waals surface area contributed by atoms with Crippen LogP contribution in [0.2, 0.25) is 0 Å². The lowest BCUT2D eigenvalue weighted by Gasteiger charge is -2.27. The fourth-order valence-corrected chi connectivity index (χ4v) is 4.65. The number of piperidine rings is 1. The van der Waals surface area contributed by atoms with Gasteiger partial charge in [-0.15, -0.1) is 0 Å². The highest BCUT2D eigenvalue weighted by Crippen LogP contribution is 2.29. The number of benzene rings is 1. The van der Waals surface area contributed by atoms with Crippen molar-refractivity contribution in [3.05, 3.63) is 51.8 Å². The number of aromatic nitrogens is 3. The van der Waals surface area contributed by atoms with Crippen molar-refractivity contribution in [3.8, 4) is 5.69 Å². The number of pyridine rings is 1. The predicted molar refractivity (Wildman–Crippen MR) is 121 cm³/mol. The Labute approximate surface area is 179 Å². The van der Waals surface area contributed by atoms with E-state index in [4.69, 9.17) is 10.1 Å². The summed E-state index contributed by atoms with van der Waals surface area (Å²) in [6, 6.07) is 6.40. The molecular formula is C25H32N4O. The van der Waals surface area contributed by atoms with Gasteiger partial charge in [-0.3, -0.25) is 4.79 Å². The number of hydrogen-bond acceptors (Lipinski definition) is 3. The number of amides is 1. The lowest BCUT2D eigenvalue weighted by atomic mass is 9.98. The molecule has 4 rings (SSSR count). The van der Waals surface area contributed by atoms with Crippen LogP contribution in [-0.4, -0.2) is 38.7 Å². The third-order valence-corrected chi connectivity index (χ3v) is 6.61. The molecule has 5 heteroatoms. The van der Waals surface area contributed by atoms with E-state index in [1.165, 1.54) is 28.7 Å². The normalized spacial score (nSPS) is 14.5. The van der Waals surface area contributed by atoms with Crippen molar-refractivity contribution in [2.45, 2.75) is 66.7 Å². The van der Waals surface area contributed by atoms with Gasteiger partial charge in [-0.1, -0.05) is 6.07 Å². The molecule has 1 saturated heterocycles. The molecule has 0 unspecified atom stereocenters. The van der Waals surface area contributed by atoms with E-state index in [0.29, 0.717) is 6.42 Å². The van der Waals surface area contributed by atoms with Crippen LogP contribution in [0.4, 0.5) is 0 Å². The van der Waals surface area contributed by atoms with Crippen LogP contribution in [0.15, 0.2) is 18.2 Å². The minimum absolute atomic E-state index is 0.274. The van der Waals surface area contributed by atoms with Crippen molar-refractivity contribution < 1.29 is 4.79 Å². The fourth-order valence-electron chi connectivity index (χ4n) is 4.65. The molecule has 0 spiro atoms. The van der Waals surface area contributed by atoms with Gasteiger partial charge in [0.15, 0.2) is 5.65 Å². The van der Waals surface area contributed by atoms with Gasteiger partial charge in [-0.25, -0.2) is 9.67 Å². The molecule has 1 fully saturated rings. The highest BCUT2D eigenvalue weighted by atomic mass is 16.2. The van der Waals surface area contributed by atoms with E-state index in [2.05, 4.69) is 45.9 Å². The predicted octanol–water partition coefficient (Wildman–Crippen LogP) is 4.91.